The average molecular weight is 261 g/mol. The first-order valence-corrected chi connectivity index (χ1v) is 7.08. The first-order chi connectivity index (χ1) is 9.08. The summed E-state index contributed by atoms with van der Waals surface area (Å²) in [6, 6.07) is 10.2. The molecule has 1 aliphatic rings. The van der Waals surface area contributed by atoms with Crippen LogP contribution in [0.25, 0.3) is 0 Å². The van der Waals surface area contributed by atoms with E-state index in [0.29, 0.717) is 25.4 Å². The molecule has 1 fully saturated rings. The number of nitrogens with zero attached hydrogens (tertiary/aromatic N) is 1. The molecule has 104 valence electrons. The van der Waals surface area contributed by atoms with Crippen LogP contribution in [0.4, 0.5) is 0 Å². The molecule has 1 aromatic rings. The number of hydrogen-bond donors (Lipinski definition) is 1. The van der Waals surface area contributed by atoms with E-state index in [1.807, 2.05) is 23.1 Å². The lowest BCUT2D eigenvalue weighted by molar-refractivity contribution is -0.136. The molecule has 0 spiro atoms. The zero-order valence-electron chi connectivity index (χ0n) is 11.7. The maximum absolute atomic E-state index is 12.6. The molecule has 2 rings (SSSR count). The third-order valence-electron chi connectivity index (χ3n) is 3.90. The van der Waals surface area contributed by atoms with Crippen LogP contribution in [-0.4, -0.2) is 35.1 Å². The van der Waals surface area contributed by atoms with E-state index in [1.54, 1.807) is 0 Å². The van der Waals surface area contributed by atoms with E-state index in [9.17, 15) is 9.90 Å². The minimum absolute atomic E-state index is 0.00713. The number of aliphatic hydroxyl groups excluding tert-OH is 1. The molecule has 0 radical (unpaired) electrons. The Morgan fingerprint density at radius 3 is 2.58 bits per heavy atom. The highest BCUT2D eigenvalue weighted by molar-refractivity contribution is 5.79. The van der Waals surface area contributed by atoms with Crippen molar-refractivity contribution in [2.24, 2.45) is 11.8 Å². The van der Waals surface area contributed by atoms with Gasteiger partial charge in [0.25, 0.3) is 0 Å². The summed E-state index contributed by atoms with van der Waals surface area (Å²) >= 11 is 0. The molecule has 2 atom stereocenters. The number of carbonyl (C=O) groups is 1. The molecule has 1 aromatic carbocycles. The summed E-state index contributed by atoms with van der Waals surface area (Å²) in [6.07, 6.45) is 1.15. The van der Waals surface area contributed by atoms with E-state index in [0.717, 1.165) is 6.42 Å². The molecule has 0 aliphatic carbocycles. The fraction of sp³-hybridized carbons (Fsp3) is 0.562. The summed E-state index contributed by atoms with van der Waals surface area (Å²) in [5.41, 5.74) is 1.20. The Morgan fingerprint density at radius 1 is 1.37 bits per heavy atom. The van der Waals surface area contributed by atoms with Gasteiger partial charge < -0.3 is 10.0 Å². The Labute approximate surface area is 115 Å². The van der Waals surface area contributed by atoms with Gasteiger partial charge in [-0.2, -0.15) is 0 Å². The quantitative estimate of drug-likeness (QED) is 0.901. The summed E-state index contributed by atoms with van der Waals surface area (Å²) in [5, 5.41) is 9.56. The van der Waals surface area contributed by atoms with E-state index in [1.165, 1.54) is 5.56 Å². The Morgan fingerprint density at radius 2 is 2.05 bits per heavy atom. The van der Waals surface area contributed by atoms with Crippen LogP contribution < -0.4 is 0 Å². The molecule has 0 saturated carbocycles. The predicted octanol–water partition coefficient (Wildman–Crippen LogP) is 2.09. The summed E-state index contributed by atoms with van der Waals surface area (Å²) in [4.78, 5) is 14.4. The lowest BCUT2D eigenvalue weighted by Gasteiger charge is -2.26. The van der Waals surface area contributed by atoms with Crippen LogP contribution in [0.1, 0.15) is 25.8 Å². The summed E-state index contributed by atoms with van der Waals surface area (Å²) in [7, 11) is 0. The fourth-order valence-corrected chi connectivity index (χ4v) is 2.65. The molecule has 0 aromatic heterocycles. The van der Waals surface area contributed by atoms with Crippen molar-refractivity contribution >= 4 is 5.91 Å². The second kappa shape index (κ2) is 6.20. The molecular weight excluding hydrogens is 238 g/mol. The van der Waals surface area contributed by atoms with E-state index < -0.39 is 0 Å². The van der Waals surface area contributed by atoms with Gasteiger partial charge in [0.15, 0.2) is 0 Å². The van der Waals surface area contributed by atoms with Gasteiger partial charge in [-0.25, -0.2) is 0 Å². The van der Waals surface area contributed by atoms with Crippen molar-refractivity contribution < 1.29 is 9.90 Å². The molecule has 1 saturated heterocycles. The van der Waals surface area contributed by atoms with Gasteiger partial charge in [0.2, 0.25) is 5.91 Å². The van der Waals surface area contributed by atoms with Crippen molar-refractivity contribution in [3.05, 3.63) is 35.9 Å². The Hall–Kier alpha value is -1.35. The maximum atomic E-state index is 12.6. The SMILES string of the molecule is CC(C)C(Cc1ccccc1)C(=O)N1CC[C@@H](O)C1. The van der Waals surface area contributed by atoms with Crippen molar-refractivity contribution in [1.82, 2.24) is 4.90 Å². The molecular formula is C16H23NO2. The van der Waals surface area contributed by atoms with Crippen LogP contribution in [0.15, 0.2) is 30.3 Å². The maximum Gasteiger partial charge on any atom is 0.226 e. The zero-order valence-corrected chi connectivity index (χ0v) is 11.7. The second-order valence-corrected chi connectivity index (χ2v) is 5.77. The van der Waals surface area contributed by atoms with Crippen molar-refractivity contribution in [3.63, 3.8) is 0 Å². The van der Waals surface area contributed by atoms with Gasteiger partial charge in [-0.3, -0.25) is 4.79 Å². The monoisotopic (exact) mass is 261 g/mol. The Kier molecular flexibility index (Phi) is 4.59. The summed E-state index contributed by atoms with van der Waals surface area (Å²) in [6.45, 7) is 5.38. The fourth-order valence-electron chi connectivity index (χ4n) is 2.65. The number of carbonyl (C=O) groups excluding carboxylic acids is 1. The van der Waals surface area contributed by atoms with E-state index in [2.05, 4.69) is 26.0 Å². The number of benzene rings is 1. The van der Waals surface area contributed by atoms with E-state index >= 15 is 0 Å². The summed E-state index contributed by atoms with van der Waals surface area (Å²) in [5.74, 6) is 0.508. The number of likely N-dealkylation sites (tertiary alicyclic amines) is 1. The number of rotatable bonds is 4. The molecule has 1 N–H and O–H groups in total. The Balaban J connectivity index is 2.05. The van der Waals surface area contributed by atoms with E-state index in [4.69, 9.17) is 0 Å². The standard InChI is InChI=1S/C16H23NO2/c1-12(2)15(10-13-6-4-3-5-7-13)16(19)17-9-8-14(18)11-17/h3-7,12,14-15,18H,8-11H2,1-2H3/t14-,15?/m1/s1. The highest BCUT2D eigenvalue weighted by atomic mass is 16.3. The molecule has 1 heterocycles. The number of β-amino-alcohol motifs (C(OH)–C–C–N with tert-alkyl or cyclic N) is 1. The van der Waals surface area contributed by atoms with Crippen molar-refractivity contribution in [1.29, 1.82) is 0 Å². The smallest absolute Gasteiger partial charge is 0.226 e. The van der Waals surface area contributed by atoms with Crippen molar-refractivity contribution in [2.75, 3.05) is 13.1 Å². The van der Waals surface area contributed by atoms with Gasteiger partial charge in [0.05, 0.1) is 6.10 Å². The minimum Gasteiger partial charge on any atom is -0.391 e. The van der Waals surface area contributed by atoms with Crippen molar-refractivity contribution in [2.45, 2.75) is 32.8 Å². The molecule has 1 unspecified atom stereocenters. The summed E-state index contributed by atoms with van der Waals surface area (Å²) < 4.78 is 0. The lowest BCUT2D eigenvalue weighted by atomic mass is 9.88. The second-order valence-electron chi connectivity index (χ2n) is 5.77. The highest BCUT2D eigenvalue weighted by Crippen LogP contribution is 2.22. The van der Waals surface area contributed by atoms with Gasteiger partial charge in [-0.15, -0.1) is 0 Å². The average Bonchev–Trinajstić information content (AvgIpc) is 2.83. The predicted molar refractivity (Wildman–Crippen MR) is 75.7 cm³/mol. The molecule has 1 amide bonds. The van der Waals surface area contributed by atoms with Crippen molar-refractivity contribution in [3.8, 4) is 0 Å². The number of amides is 1. The first kappa shape index (κ1) is 14.1. The molecule has 3 nitrogen and oxygen atoms in total. The number of hydrogen-bond acceptors (Lipinski definition) is 2. The van der Waals surface area contributed by atoms with Crippen LogP contribution in [0.3, 0.4) is 0 Å². The minimum atomic E-state index is -0.339. The van der Waals surface area contributed by atoms with Crippen LogP contribution in [-0.2, 0) is 11.2 Å². The topological polar surface area (TPSA) is 40.5 Å². The first-order valence-electron chi connectivity index (χ1n) is 7.08. The van der Waals surface area contributed by atoms with Gasteiger partial charge >= 0.3 is 0 Å². The lowest BCUT2D eigenvalue weighted by Crippen LogP contribution is -2.38. The van der Waals surface area contributed by atoms with Gasteiger partial charge in [0, 0.05) is 19.0 Å². The van der Waals surface area contributed by atoms with E-state index in [-0.39, 0.29) is 17.9 Å². The molecule has 0 bridgehead atoms. The molecule has 19 heavy (non-hydrogen) atoms. The largest absolute Gasteiger partial charge is 0.391 e. The van der Waals surface area contributed by atoms with Gasteiger partial charge in [-0.1, -0.05) is 44.2 Å². The van der Waals surface area contributed by atoms with Crippen LogP contribution >= 0.6 is 0 Å². The highest BCUT2D eigenvalue weighted by Gasteiger charge is 2.31. The van der Waals surface area contributed by atoms with Crippen LogP contribution in [0.5, 0.6) is 0 Å². The number of aliphatic hydroxyl groups is 1. The zero-order chi connectivity index (χ0) is 13.8. The van der Waals surface area contributed by atoms with Crippen LogP contribution in [0.2, 0.25) is 0 Å². The van der Waals surface area contributed by atoms with Crippen LogP contribution in [0, 0.1) is 11.8 Å². The molecule has 3 heteroatoms. The Bertz CT molecular complexity index is 416. The molecule has 1 aliphatic heterocycles. The van der Waals surface area contributed by atoms with Gasteiger partial charge in [0.1, 0.15) is 0 Å². The van der Waals surface area contributed by atoms with Gasteiger partial charge in [-0.05, 0) is 24.3 Å². The third-order valence-corrected chi connectivity index (χ3v) is 3.90. The third kappa shape index (κ3) is 3.57. The normalized spacial score (nSPS) is 20.8.